The third kappa shape index (κ3) is 4.62. The molecule has 2 N–H and O–H groups in total. The number of carbonyl (C=O) groups is 2. The average molecular weight is 392 g/mol. The number of benzene rings is 1. The lowest BCUT2D eigenvalue weighted by atomic mass is 9.67. The van der Waals surface area contributed by atoms with Crippen LogP contribution in [0.1, 0.15) is 52.5 Å². The fraction of sp³-hybridized carbons (Fsp3) is 0.440. The van der Waals surface area contributed by atoms with Gasteiger partial charge in [0, 0.05) is 30.4 Å². The highest BCUT2D eigenvalue weighted by Gasteiger charge is 2.44. The molecule has 0 heterocycles. The molecule has 4 nitrogen and oxygen atoms in total. The molecule has 152 valence electrons. The largest absolute Gasteiger partial charge is 0.512 e. The first-order valence-corrected chi connectivity index (χ1v) is 9.95. The maximum Gasteiger partial charge on any atom is 0.164 e. The molecule has 2 aliphatic rings. The van der Waals surface area contributed by atoms with Crippen LogP contribution in [-0.2, 0) is 9.59 Å². The molecule has 2 aliphatic carbocycles. The molecule has 1 aromatic rings. The van der Waals surface area contributed by atoms with E-state index in [9.17, 15) is 19.8 Å². The van der Waals surface area contributed by atoms with Gasteiger partial charge < -0.3 is 10.2 Å². The normalized spacial score (nSPS) is 24.4. The summed E-state index contributed by atoms with van der Waals surface area (Å²) in [7, 11) is 0. The molecule has 0 aliphatic heterocycles. The molecule has 2 atom stereocenters. The second kappa shape index (κ2) is 7.55. The predicted molar refractivity (Wildman–Crippen MR) is 112 cm³/mol. The summed E-state index contributed by atoms with van der Waals surface area (Å²) >= 11 is 0. The molecule has 1 aromatic carbocycles. The van der Waals surface area contributed by atoms with E-state index in [4.69, 9.17) is 0 Å². The molecular weight excluding hydrogens is 364 g/mol. The lowest BCUT2D eigenvalue weighted by Gasteiger charge is -2.36. The summed E-state index contributed by atoms with van der Waals surface area (Å²) in [6.07, 6.45) is 2.53. The Morgan fingerprint density at radius 1 is 1.00 bits per heavy atom. The first kappa shape index (κ1) is 20.9. The third-order valence-electron chi connectivity index (χ3n) is 5.52. The predicted octanol–water partition coefficient (Wildman–Crippen LogP) is 4.91. The lowest BCUT2D eigenvalue weighted by molar-refractivity contribution is -0.126. The van der Waals surface area contributed by atoms with Crippen molar-refractivity contribution < 1.29 is 19.8 Å². The van der Waals surface area contributed by atoms with Crippen molar-refractivity contribution in [2.75, 3.05) is 0 Å². The molecule has 0 aromatic heterocycles. The number of hydrogen-bond acceptors (Lipinski definition) is 4. The molecular formula is C25H28O4. The lowest BCUT2D eigenvalue weighted by Crippen LogP contribution is -2.38. The van der Waals surface area contributed by atoms with E-state index in [0.29, 0.717) is 6.42 Å². The van der Waals surface area contributed by atoms with Crippen LogP contribution in [0.4, 0.5) is 0 Å². The molecule has 29 heavy (non-hydrogen) atoms. The van der Waals surface area contributed by atoms with Crippen LogP contribution in [-0.4, -0.2) is 21.8 Å². The highest BCUT2D eigenvalue weighted by atomic mass is 16.3. The molecule has 0 saturated heterocycles. The summed E-state index contributed by atoms with van der Waals surface area (Å²) < 4.78 is 0. The SMILES string of the molecule is CC1(C)C=C(O)[C@@H]([C@@H](C#Cc2ccccc2)C2=C(O)CC(C)(C)CC2=O)C(=O)C1. The Kier molecular flexibility index (Phi) is 5.45. The second-order valence-electron chi connectivity index (χ2n) is 9.59. The zero-order valence-corrected chi connectivity index (χ0v) is 17.5. The summed E-state index contributed by atoms with van der Waals surface area (Å²) in [4.78, 5) is 25.9. The van der Waals surface area contributed by atoms with E-state index in [2.05, 4.69) is 11.8 Å². The van der Waals surface area contributed by atoms with E-state index in [1.165, 1.54) is 0 Å². The number of allylic oxidation sites excluding steroid dienone is 4. The van der Waals surface area contributed by atoms with Gasteiger partial charge in [0.2, 0.25) is 0 Å². The summed E-state index contributed by atoms with van der Waals surface area (Å²) in [6.45, 7) is 7.61. The average Bonchev–Trinajstić information content (AvgIpc) is 2.56. The number of hydrogen-bond donors (Lipinski definition) is 2. The second-order valence-corrected chi connectivity index (χ2v) is 9.59. The van der Waals surface area contributed by atoms with E-state index in [-0.39, 0.29) is 46.9 Å². The highest BCUT2D eigenvalue weighted by Crippen LogP contribution is 2.43. The van der Waals surface area contributed by atoms with Crippen molar-refractivity contribution in [2.24, 2.45) is 22.7 Å². The molecule has 0 unspecified atom stereocenters. The quantitative estimate of drug-likeness (QED) is 0.701. The van der Waals surface area contributed by atoms with E-state index in [0.717, 1.165) is 5.56 Å². The zero-order chi connectivity index (χ0) is 21.4. The van der Waals surface area contributed by atoms with Gasteiger partial charge in [-0.25, -0.2) is 0 Å². The fourth-order valence-corrected chi connectivity index (χ4v) is 4.28. The molecule has 3 rings (SSSR count). The summed E-state index contributed by atoms with van der Waals surface area (Å²) in [6, 6.07) is 9.27. The standard InChI is InChI=1S/C25H28O4/c1-24(2)12-18(26)22(19(27)13-24)17(11-10-16-8-6-5-7-9-16)23-20(28)14-25(3,4)15-21(23)29/h5-9,12,17,22,26,28H,13-15H2,1-4H3/t17-,22-/m1/s1. The van der Waals surface area contributed by atoms with Crippen LogP contribution < -0.4 is 0 Å². The van der Waals surface area contributed by atoms with Gasteiger partial charge in [0.25, 0.3) is 0 Å². The van der Waals surface area contributed by atoms with Crippen LogP contribution in [0.15, 0.2) is 53.5 Å². The minimum Gasteiger partial charge on any atom is -0.512 e. The van der Waals surface area contributed by atoms with Crippen LogP contribution >= 0.6 is 0 Å². The number of carbonyl (C=O) groups excluding carboxylic acids is 2. The van der Waals surface area contributed by atoms with E-state index < -0.39 is 17.3 Å². The number of aliphatic hydroxyl groups excluding tert-OH is 2. The van der Waals surface area contributed by atoms with Crippen molar-refractivity contribution in [3.63, 3.8) is 0 Å². The Labute approximate surface area is 172 Å². The Morgan fingerprint density at radius 2 is 1.66 bits per heavy atom. The molecule has 0 saturated carbocycles. The molecule has 0 amide bonds. The van der Waals surface area contributed by atoms with Crippen LogP contribution in [0.25, 0.3) is 0 Å². The van der Waals surface area contributed by atoms with Crippen molar-refractivity contribution in [3.05, 3.63) is 59.1 Å². The Hall–Kier alpha value is -2.80. The van der Waals surface area contributed by atoms with Gasteiger partial charge in [-0.15, -0.1) is 0 Å². The van der Waals surface area contributed by atoms with Gasteiger partial charge in [0.1, 0.15) is 17.3 Å². The fourth-order valence-electron chi connectivity index (χ4n) is 4.28. The molecule has 4 heteroatoms. The van der Waals surface area contributed by atoms with Gasteiger partial charge in [-0.2, -0.15) is 0 Å². The highest BCUT2D eigenvalue weighted by molar-refractivity contribution is 6.00. The number of rotatable bonds is 2. The van der Waals surface area contributed by atoms with Crippen molar-refractivity contribution in [1.29, 1.82) is 0 Å². The Balaban J connectivity index is 2.12. The van der Waals surface area contributed by atoms with Crippen molar-refractivity contribution in [2.45, 2.75) is 47.0 Å². The van der Waals surface area contributed by atoms with Gasteiger partial charge in [0.05, 0.1) is 11.8 Å². The van der Waals surface area contributed by atoms with Crippen LogP contribution in [0.5, 0.6) is 0 Å². The molecule has 0 radical (unpaired) electrons. The maximum atomic E-state index is 13.0. The molecule has 0 bridgehead atoms. The van der Waals surface area contributed by atoms with Gasteiger partial charge in [-0.05, 0) is 29.0 Å². The van der Waals surface area contributed by atoms with Crippen molar-refractivity contribution >= 4 is 11.6 Å². The Bertz CT molecular complexity index is 952. The summed E-state index contributed by atoms with van der Waals surface area (Å²) in [5.74, 6) is 3.77. The van der Waals surface area contributed by atoms with Crippen molar-refractivity contribution in [1.82, 2.24) is 0 Å². The van der Waals surface area contributed by atoms with Gasteiger partial charge >= 0.3 is 0 Å². The first-order valence-electron chi connectivity index (χ1n) is 9.95. The summed E-state index contributed by atoms with van der Waals surface area (Å²) in [5, 5.41) is 21.4. The van der Waals surface area contributed by atoms with E-state index in [1.54, 1.807) is 6.08 Å². The van der Waals surface area contributed by atoms with Gasteiger partial charge in [0.15, 0.2) is 5.78 Å². The van der Waals surface area contributed by atoms with Crippen LogP contribution in [0.2, 0.25) is 0 Å². The molecule has 0 fully saturated rings. The van der Waals surface area contributed by atoms with Crippen LogP contribution in [0.3, 0.4) is 0 Å². The van der Waals surface area contributed by atoms with E-state index in [1.807, 2.05) is 58.0 Å². The minimum absolute atomic E-state index is 0.0240. The third-order valence-corrected chi connectivity index (χ3v) is 5.52. The first-order chi connectivity index (χ1) is 13.5. The van der Waals surface area contributed by atoms with E-state index >= 15 is 0 Å². The topological polar surface area (TPSA) is 74.6 Å². The number of ketones is 2. The minimum atomic E-state index is -0.943. The van der Waals surface area contributed by atoms with Crippen molar-refractivity contribution in [3.8, 4) is 11.8 Å². The van der Waals surface area contributed by atoms with Crippen LogP contribution in [0, 0.1) is 34.5 Å². The van der Waals surface area contributed by atoms with Gasteiger partial charge in [-0.3, -0.25) is 9.59 Å². The zero-order valence-electron chi connectivity index (χ0n) is 17.5. The summed E-state index contributed by atoms with van der Waals surface area (Å²) in [5.41, 5.74) is 0.113. The number of aliphatic hydroxyl groups is 2. The number of Topliss-reactive ketones (excluding diaryl/α,β-unsaturated/α-hetero) is 2. The van der Waals surface area contributed by atoms with Gasteiger partial charge in [-0.1, -0.05) is 57.7 Å². The maximum absolute atomic E-state index is 13.0. The Morgan fingerprint density at radius 3 is 2.24 bits per heavy atom. The smallest absolute Gasteiger partial charge is 0.164 e. The molecule has 0 spiro atoms. The monoisotopic (exact) mass is 392 g/mol.